The highest BCUT2D eigenvalue weighted by Gasteiger charge is 2.32. The van der Waals surface area contributed by atoms with E-state index in [1.807, 2.05) is 30.3 Å². The fraction of sp³-hybridized carbons (Fsp3) is 0.263. The highest BCUT2D eigenvalue weighted by molar-refractivity contribution is 7.92. The van der Waals surface area contributed by atoms with Gasteiger partial charge in [0.05, 0.1) is 18.0 Å². The third-order valence-corrected chi connectivity index (χ3v) is 4.75. The van der Waals surface area contributed by atoms with Gasteiger partial charge in [-0.2, -0.15) is 5.10 Å². The van der Waals surface area contributed by atoms with Crippen LogP contribution in [0.4, 0.5) is 5.69 Å². The Morgan fingerprint density at radius 1 is 1.19 bits per heavy atom. The van der Waals surface area contributed by atoms with E-state index in [9.17, 15) is 13.2 Å². The molecule has 0 spiro atoms. The van der Waals surface area contributed by atoms with Gasteiger partial charge in [-0.1, -0.05) is 42.5 Å². The maximum absolute atomic E-state index is 12.4. The zero-order chi connectivity index (χ0) is 19.4. The van der Waals surface area contributed by atoms with Crippen molar-refractivity contribution in [1.29, 1.82) is 0 Å². The number of nitrogens with one attached hydrogen (secondary N) is 1. The van der Waals surface area contributed by atoms with Crippen molar-refractivity contribution < 1.29 is 17.9 Å². The van der Waals surface area contributed by atoms with E-state index in [-0.39, 0.29) is 18.6 Å². The third kappa shape index (κ3) is 4.72. The van der Waals surface area contributed by atoms with Gasteiger partial charge in [0.2, 0.25) is 10.0 Å². The third-order valence-electron chi connectivity index (χ3n) is 4.14. The van der Waals surface area contributed by atoms with Crippen LogP contribution in [0, 0.1) is 0 Å². The number of hydrogen-bond acceptors (Lipinski definition) is 5. The minimum atomic E-state index is -3.33. The van der Waals surface area contributed by atoms with Crippen molar-refractivity contribution >= 4 is 27.3 Å². The molecule has 8 heteroatoms. The van der Waals surface area contributed by atoms with Crippen molar-refractivity contribution in [2.24, 2.45) is 5.10 Å². The summed E-state index contributed by atoms with van der Waals surface area (Å²) in [6.45, 7) is -0.0443. The van der Waals surface area contributed by atoms with Crippen molar-refractivity contribution in [3.8, 4) is 0 Å². The molecule has 1 atom stereocenters. The minimum Gasteiger partial charge on any atom is -0.375 e. The van der Waals surface area contributed by atoms with Crippen LogP contribution in [0.2, 0.25) is 0 Å². The summed E-state index contributed by atoms with van der Waals surface area (Å²) in [5, 5.41) is 5.99. The molecule has 1 aliphatic rings. The summed E-state index contributed by atoms with van der Waals surface area (Å²) in [4.78, 5) is 12.4. The van der Waals surface area contributed by atoms with Crippen LogP contribution in [0.1, 0.15) is 23.6 Å². The second kappa shape index (κ2) is 7.89. The van der Waals surface area contributed by atoms with Gasteiger partial charge < -0.3 is 4.74 Å². The molecule has 0 saturated heterocycles. The van der Waals surface area contributed by atoms with Crippen LogP contribution in [0.15, 0.2) is 59.7 Å². The Kier molecular flexibility index (Phi) is 5.57. The maximum atomic E-state index is 12.4. The molecule has 7 nitrogen and oxygen atoms in total. The lowest BCUT2D eigenvalue weighted by molar-refractivity contribution is -0.137. The van der Waals surface area contributed by atoms with Gasteiger partial charge in [-0.3, -0.25) is 9.52 Å². The van der Waals surface area contributed by atoms with E-state index in [4.69, 9.17) is 4.74 Å². The quantitative estimate of drug-likeness (QED) is 0.824. The molecular weight excluding hydrogens is 366 g/mol. The molecule has 2 aromatic carbocycles. The number of sulfonamides is 1. The summed E-state index contributed by atoms with van der Waals surface area (Å²) in [7, 11) is -1.85. The molecular formula is C19H21N3O4S. The number of carbonyl (C=O) groups is 1. The smallest absolute Gasteiger partial charge is 0.269 e. The first-order valence-corrected chi connectivity index (χ1v) is 10.3. The van der Waals surface area contributed by atoms with Crippen molar-refractivity contribution in [2.75, 3.05) is 24.7 Å². The minimum absolute atomic E-state index is 0.0443. The molecule has 0 fully saturated rings. The van der Waals surface area contributed by atoms with Gasteiger partial charge in [0.15, 0.2) is 0 Å². The van der Waals surface area contributed by atoms with Crippen LogP contribution < -0.4 is 4.72 Å². The number of ether oxygens (including phenoxy) is 1. The average Bonchev–Trinajstić information content (AvgIpc) is 3.07. The summed E-state index contributed by atoms with van der Waals surface area (Å²) in [5.41, 5.74) is 3.07. The van der Waals surface area contributed by atoms with Gasteiger partial charge in [-0.25, -0.2) is 13.4 Å². The van der Waals surface area contributed by atoms with Crippen LogP contribution in [0.3, 0.4) is 0 Å². The number of hydrazone groups is 1. The Morgan fingerprint density at radius 3 is 2.44 bits per heavy atom. The fourth-order valence-corrected chi connectivity index (χ4v) is 3.55. The lowest BCUT2D eigenvalue weighted by Gasteiger charge is -2.21. The highest BCUT2D eigenvalue weighted by atomic mass is 32.2. The molecule has 1 unspecified atom stereocenters. The monoisotopic (exact) mass is 387 g/mol. The van der Waals surface area contributed by atoms with Crippen LogP contribution in [-0.2, 0) is 19.6 Å². The number of rotatable bonds is 6. The van der Waals surface area contributed by atoms with Gasteiger partial charge in [-0.15, -0.1) is 0 Å². The number of amides is 1. The first kappa shape index (κ1) is 19.1. The van der Waals surface area contributed by atoms with E-state index in [2.05, 4.69) is 9.82 Å². The lowest BCUT2D eigenvalue weighted by Crippen LogP contribution is -2.30. The van der Waals surface area contributed by atoms with Crippen LogP contribution in [0.5, 0.6) is 0 Å². The summed E-state index contributed by atoms with van der Waals surface area (Å²) in [5.74, 6) is -0.211. The highest BCUT2D eigenvalue weighted by Crippen LogP contribution is 2.33. The van der Waals surface area contributed by atoms with E-state index in [1.54, 1.807) is 24.3 Å². The molecule has 3 rings (SSSR count). The number of anilines is 1. The average molecular weight is 387 g/mol. The molecule has 0 bridgehead atoms. The Balaban J connectivity index is 1.87. The molecule has 0 aromatic heterocycles. The summed E-state index contributed by atoms with van der Waals surface area (Å²) in [6.07, 6.45) is 1.67. The first-order chi connectivity index (χ1) is 12.9. The van der Waals surface area contributed by atoms with E-state index in [0.717, 1.165) is 23.1 Å². The summed E-state index contributed by atoms with van der Waals surface area (Å²) >= 11 is 0. The van der Waals surface area contributed by atoms with Crippen LogP contribution in [0.25, 0.3) is 0 Å². The first-order valence-electron chi connectivity index (χ1n) is 8.39. The Bertz CT molecular complexity index is 941. The number of hydrogen-bond donors (Lipinski definition) is 1. The molecule has 0 aliphatic carbocycles. The van der Waals surface area contributed by atoms with E-state index >= 15 is 0 Å². The van der Waals surface area contributed by atoms with Gasteiger partial charge in [0.25, 0.3) is 5.91 Å². The molecule has 1 amide bonds. The fourth-order valence-electron chi connectivity index (χ4n) is 2.98. The van der Waals surface area contributed by atoms with Gasteiger partial charge >= 0.3 is 0 Å². The zero-order valence-electron chi connectivity index (χ0n) is 15.1. The van der Waals surface area contributed by atoms with Crippen molar-refractivity contribution in [2.45, 2.75) is 12.5 Å². The normalized spacial score (nSPS) is 16.9. The van der Waals surface area contributed by atoms with E-state index < -0.39 is 10.0 Å². The molecule has 1 N–H and O–H groups in total. The Hall–Kier alpha value is -2.71. The molecule has 1 aliphatic heterocycles. The van der Waals surface area contributed by atoms with Crippen molar-refractivity contribution in [1.82, 2.24) is 5.01 Å². The predicted molar refractivity (Wildman–Crippen MR) is 104 cm³/mol. The predicted octanol–water partition coefficient (Wildman–Crippen LogP) is 2.38. The summed E-state index contributed by atoms with van der Waals surface area (Å²) < 4.78 is 30.1. The number of nitrogens with zero attached hydrogens (tertiary/aromatic N) is 2. The van der Waals surface area contributed by atoms with Crippen molar-refractivity contribution in [3.05, 3.63) is 65.7 Å². The molecule has 27 heavy (non-hydrogen) atoms. The zero-order valence-corrected chi connectivity index (χ0v) is 15.9. The molecule has 0 saturated carbocycles. The largest absolute Gasteiger partial charge is 0.375 e. The SMILES string of the molecule is COCC(=O)N1N=C(c2ccc(NS(C)(=O)=O)cc2)CC1c1ccccc1. The second-order valence-electron chi connectivity index (χ2n) is 6.30. The molecule has 142 valence electrons. The van der Waals surface area contributed by atoms with Gasteiger partial charge in [-0.05, 0) is 23.3 Å². The molecule has 1 heterocycles. The van der Waals surface area contributed by atoms with Gasteiger partial charge in [0, 0.05) is 19.2 Å². The summed E-state index contributed by atoms with van der Waals surface area (Å²) in [6, 6.07) is 16.5. The Labute approximate surface area is 158 Å². The number of benzene rings is 2. The lowest BCUT2D eigenvalue weighted by atomic mass is 9.98. The van der Waals surface area contributed by atoms with Gasteiger partial charge in [0.1, 0.15) is 6.61 Å². The van der Waals surface area contributed by atoms with E-state index in [1.165, 1.54) is 12.1 Å². The standard InChI is InChI=1S/C19H21N3O4S/c1-26-13-19(23)22-18(15-6-4-3-5-7-15)12-17(20-22)14-8-10-16(11-9-14)21-27(2,24)25/h3-11,18,21H,12-13H2,1-2H3. The Morgan fingerprint density at radius 2 is 1.85 bits per heavy atom. The van der Waals surface area contributed by atoms with E-state index in [0.29, 0.717) is 12.1 Å². The maximum Gasteiger partial charge on any atom is 0.269 e. The molecule has 0 radical (unpaired) electrons. The van der Waals surface area contributed by atoms with Crippen LogP contribution in [-0.4, -0.2) is 45.0 Å². The van der Waals surface area contributed by atoms with Crippen molar-refractivity contribution in [3.63, 3.8) is 0 Å². The number of methoxy groups -OCH3 is 1. The molecule has 2 aromatic rings. The van der Waals surface area contributed by atoms with Crippen LogP contribution >= 0.6 is 0 Å². The topological polar surface area (TPSA) is 88.1 Å². The second-order valence-corrected chi connectivity index (χ2v) is 8.05. The number of carbonyl (C=O) groups excluding carboxylic acids is 1.